The van der Waals surface area contributed by atoms with Crippen molar-refractivity contribution < 1.29 is 13.9 Å². The normalized spacial score (nSPS) is 22.3. The maximum absolute atomic E-state index is 13.7. The number of carbonyl (C=O) groups excluding carboxylic acids is 1. The number of halogens is 1. The van der Waals surface area contributed by atoms with E-state index in [9.17, 15) is 9.18 Å². The number of nitrogens with one attached hydrogen (secondary N) is 1. The lowest BCUT2D eigenvalue weighted by Crippen LogP contribution is -2.44. The van der Waals surface area contributed by atoms with Gasteiger partial charge >= 0.3 is 6.09 Å². The van der Waals surface area contributed by atoms with E-state index in [2.05, 4.69) is 5.32 Å². The lowest BCUT2D eigenvalue weighted by Gasteiger charge is -2.31. The molecule has 2 heterocycles. The van der Waals surface area contributed by atoms with Gasteiger partial charge in [0.2, 0.25) is 0 Å². The molecule has 0 radical (unpaired) electrons. The van der Waals surface area contributed by atoms with E-state index < -0.39 is 11.7 Å². The summed E-state index contributed by atoms with van der Waals surface area (Å²) in [5.74, 6) is -0.388. The SMILES string of the molecule is O=C1OC2(CCNCC2)CN1c1ccccc1F. The topological polar surface area (TPSA) is 41.6 Å². The number of amides is 1. The molecule has 0 aromatic heterocycles. The predicted octanol–water partition coefficient (Wildman–Crippen LogP) is 1.90. The highest BCUT2D eigenvalue weighted by atomic mass is 19.1. The van der Waals surface area contributed by atoms with Gasteiger partial charge in [-0.3, -0.25) is 4.90 Å². The summed E-state index contributed by atoms with van der Waals surface area (Å²) in [5, 5.41) is 3.23. The zero-order valence-electron chi connectivity index (χ0n) is 9.99. The molecule has 0 saturated carbocycles. The third-order valence-electron chi connectivity index (χ3n) is 3.63. The number of nitrogens with zero attached hydrogens (tertiary/aromatic N) is 1. The van der Waals surface area contributed by atoms with E-state index in [4.69, 9.17) is 4.74 Å². The second-order valence-corrected chi connectivity index (χ2v) is 4.84. The van der Waals surface area contributed by atoms with Crippen molar-refractivity contribution in [3.8, 4) is 0 Å². The quantitative estimate of drug-likeness (QED) is 0.827. The van der Waals surface area contributed by atoms with Crippen LogP contribution in [0.25, 0.3) is 0 Å². The molecule has 1 N–H and O–H groups in total. The first-order valence-electron chi connectivity index (χ1n) is 6.16. The Balaban J connectivity index is 1.87. The highest BCUT2D eigenvalue weighted by Gasteiger charge is 2.46. The van der Waals surface area contributed by atoms with Crippen LogP contribution in [-0.4, -0.2) is 31.3 Å². The van der Waals surface area contributed by atoms with Crippen molar-refractivity contribution in [2.75, 3.05) is 24.5 Å². The van der Waals surface area contributed by atoms with E-state index in [0.29, 0.717) is 12.2 Å². The molecule has 0 aliphatic carbocycles. The van der Waals surface area contributed by atoms with Crippen LogP contribution < -0.4 is 10.2 Å². The minimum Gasteiger partial charge on any atom is -0.441 e. The first-order valence-corrected chi connectivity index (χ1v) is 6.16. The molecule has 1 aromatic rings. The van der Waals surface area contributed by atoms with Crippen LogP contribution in [0.3, 0.4) is 0 Å². The van der Waals surface area contributed by atoms with Crippen LogP contribution >= 0.6 is 0 Å². The molecule has 4 nitrogen and oxygen atoms in total. The summed E-state index contributed by atoms with van der Waals surface area (Å²) in [7, 11) is 0. The fourth-order valence-electron chi connectivity index (χ4n) is 2.62. The average molecular weight is 250 g/mol. The highest BCUT2D eigenvalue weighted by molar-refractivity contribution is 5.90. The van der Waals surface area contributed by atoms with Crippen molar-refractivity contribution in [1.82, 2.24) is 5.32 Å². The minimum absolute atomic E-state index is 0.304. The van der Waals surface area contributed by atoms with E-state index >= 15 is 0 Å². The number of hydrogen-bond donors (Lipinski definition) is 1. The van der Waals surface area contributed by atoms with E-state index in [-0.39, 0.29) is 5.82 Å². The molecular formula is C13H15FN2O2. The first-order chi connectivity index (χ1) is 8.70. The van der Waals surface area contributed by atoms with Gasteiger partial charge in [-0.05, 0) is 25.2 Å². The number of carbonyl (C=O) groups is 1. The summed E-state index contributed by atoms with van der Waals surface area (Å²) >= 11 is 0. The number of anilines is 1. The fourth-order valence-corrected chi connectivity index (χ4v) is 2.62. The molecular weight excluding hydrogens is 235 g/mol. The van der Waals surface area contributed by atoms with Gasteiger partial charge in [-0.25, -0.2) is 9.18 Å². The van der Waals surface area contributed by atoms with Crippen LogP contribution in [0.2, 0.25) is 0 Å². The lowest BCUT2D eigenvalue weighted by atomic mass is 9.92. The fraction of sp³-hybridized carbons (Fsp3) is 0.462. The Morgan fingerprint density at radius 1 is 1.28 bits per heavy atom. The number of ether oxygens (including phenoxy) is 1. The van der Waals surface area contributed by atoms with Crippen LogP contribution in [0.5, 0.6) is 0 Å². The van der Waals surface area contributed by atoms with E-state index in [1.165, 1.54) is 11.0 Å². The Kier molecular flexibility index (Phi) is 2.70. The smallest absolute Gasteiger partial charge is 0.415 e. The Morgan fingerprint density at radius 3 is 2.72 bits per heavy atom. The van der Waals surface area contributed by atoms with Crippen molar-refractivity contribution in [3.63, 3.8) is 0 Å². The molecule has 2 aliphatic rings. The molecule has 2 saturated heterocycles. The van der Waals surface area contributed by atoms with Gasteiger partial charge in [0, 0.05) is 12.8 Å². The van der Waals surface area contributed by atoms with Gasteiger partial charge in [0.05, 0.1) is 12.2 Å². The van der Waals surface area contributed by atoms with Crippen molar-refractivity contribution in [1.29, 1.82) is 0 Å². The van der Waals surface area contributed by atoms with E-state index in [1.807, 2.05) is 0 Å². The summed E-state index contributed by atoms with van der Waals surface area (Å²) in [6, 6.07) is 6.30. The molecule has 5 heteroatoms. The van der Waals surface area contributed by atoms with Crippen LogP contribution in [0.4, 0.5) is 14.9 Å². The minimum atomic E-state index is -0.443. The lowest BCUT2D eigenvalue weighted by molar-refractivity contribution is 0.0316. The second-order valence-electron chi connectivity index (χ2n) is 4.84. The zero-order valence-corrected chi connectivity index (χ0v) is 9.99. The van der Waals surface area contributed by atoms with Gasteiger partial charge in [0.1, 0.15) is 11.4 Å². The third-order valence-corrected chi connectivity index (χ3v) is 3.63. The van der Waals surface area contributed by atoms with Crippen molar-refractivity contribution >= 4 is 11.8 Å². The second kappa shape index (κ2) is 4.24. The number of piperidine rings is 1. The number of benzene rings is 1. The monoisotopic (exact) mass is 250 g/mol. The molecule has 18 heavy (non-hydrogen) atoms. The van der Waals surface area contributed by atoms with E-state index in [1.54, 1.807) is 18.2 Å². The standard InChI is InChI=1S/C13H15FN2O2/c14-10-3-1-2-4-11(10)16-9-13(18-12(16)17)5-7-15-8-6-13/h1-4,15H,5-9H2. The summed E-state index contributed by atoms with van der Waals surface area (Å²) < 4.78 is 19.2. The van der Waals surface area contributed by atoms with Gasteiger partial charge in [-0.15, -0.1) is 0 Å². The molecule has 1 aromatic carbocycles. The van der Waals surface area contributed by atoms with E-state index in [0.717, 1.165) is 25.9 Å². The molecule has 2 aliphatic heterocycles. The third kappa shape index (κ3) is 1.84. The maximum atomic E-state index is 13.7. The van der Waals surface area contributed by atoms with Crippen LogP contribution in [0, 0.1) is 5.82 Å². The van der Waals surface area contributed by atoms with Crippen molar-refractivity contribution in [2.45, 2.75) is 18.4 Å². The van der Waals surface area contributed by atoms with Crippen molar-refractivity contribution in [2.24, 2.45) is 0 Å². The van der Waals surface area contributed by atoms with Crippen LogP contribution in [0.15, 0.2) is 24.3 Å². The molecule has 1 spiro atoms. The predicted molar refractivity (Wildman–Crippen MR) is 65.1 cm³/mol. The Labute approximate surface area is 105 Å². The van der Waals surface area contributed by atoms with Crippen LogP contribution in [0.1, 0.15) is 12.8 Å². The molecule has 0 bridgehead atoms. The zero-order chi connectivity index (χ0) is 12.6. The summed E-state index contributed by atoms with van der Waals surface area (Å²) in [4.78, 5) is 13.3. The number of hydrogen-bond acceptors (Lipinski definition) is 3. The molecule has 96 valence electrons. The average Bonchev–Trinajstić information content (AvgIpc) is 2.67. The molecule has 3 rings (SSSR count). The highest BCUT2D eigenvalue weighted by Crippen LogP contribution is 2.34. The number of para-hydroxylation sites is 1. The molecule has 2 fully saturated rings. The maximum Gasteiger partial charge on any atom is 0.415 e. The summed E-state index contributed by atoms with van der Waals surface area (Å²) in [5.41, 5.74) is -0.136. The van der Waals surface area contributed by atoms with Gasteiger partial charge in [0.25, 0.3) is 0 Å². The summed E-state index contributed by atoms with van der Waals surface area (Å²) in [6.45, 7) is 2.10. The molecule has 0 unspecified atom stereocenters. The van der Waals surface area contributed by atoms with Gasteiger partial charge in [-0.2, -0.15) is 0 Å². The molecule has 0 atom stereocenters. The van der Waals surface area contributed by atoms with Gasteiger partial charge in [-0.1, -0.05) is 12.1 Å². The first kappa shape index (κ1) is 11.5. The largest absolute Gasteiger partial charge is 0.441 e. The Morgan fingerprint density at radius 2 is 2.00 bits per heavy atom. The van der Waals surface area contributed by atoms with Crippen molar-refractivity contribution in [3.05, 3.63) is 30.1 Å². The Hall–Kier alpha value is -1.62. The summed E-state index contributed by atoms with van der Waals surface area (Å²) in [6.07, 6.45) is 1.12. The van der Waals surface area contributed by atoms with Gasteiger partial charge in [0.15, 0.2) is 0 Å². The number of rotatable bonds is 1. The van der Waals surface area contributed by atoms with Crippen LogP contribution in [-0.2, 0) is 4.74 Å². The molecule has 1 amide bonds. The Bertz CT molecular complexity index is 472. The van der Waals surface area contributed by atoms with Gasteiger partial charge < -0.3 is 10.1 Å².